The largest absolute Gasteiger partial charge is 0.493 e. The smallest absolute Gasteiger partial charge is 0.310 e. The van der Waals surface area contributed by atoms with Crippen LogP contribution in [0, 0.1) is 5.92 Å². The van der Waals surface area contributed by atoms with Gasteiger partial charge in [0.1, 0.15) is 12.3 Å². The average molecular weight is 503 g/mol. The van der Waals surface area contributed by atoms with Crippen molar-refractivity contribution in [3.63, 3.8) is 0 Å². The van der Waals surface area contributed by atoms with Crippen LogP contribution in [0.4, 0.5) is 0 Å². The fourth-order valence-electron chi connectivity index (χ4n) is 3.98. The van der Waals surface area contributed by atoms with Crippen LogP contribution in [0.3, 0.4) is 0 Å². The lowest BCUT2D eigenvalue weighted by atomic mass is 9.98. The topological polar surface area (TPSA) is 133 Å². The van der Waals surface area contributed by atoms with Gasteiger partial charge in [-0.2, -0.15) is 0 Å². The van der Waals surface area contributed by atoms with Crippen LogP contribution in [-0.2, 0) is 25.5 Å². The molecule has 1 aliphatic heterocycles. The first-order chi connectivity index (χ1) is 17.5. The quantitative estimate of drug-likeness (QED) is 0.342. The van der Waals surface area contributed by atoms with Crippen molar-refractivity contribution < 1.29 is 28.5 Å². The van der Waals surface area contributed by atoms with Gasteiger partial charge in [-0.25, -0.2) is 0 Å². The molecule has 1 aromatic carbocycles. The van der Waals surface area contributed by atoms with Crippen molar-refractivity contribution in [1.29, 1.82) is 0 Å². The summed E-state index contributed by atoms with van der Waals surface area (Å²) in [4.78, 5) is 41.7. The molecule has 0 spiro atoms. The normalized spacial score (nSPS) is 15.4. The van der Waals surface area contributed by atoms with Crippen molar-refractivity contribution in [2.24, 2.45) is 5.92 Å². The molecule has 11 nitrogen and oxygen atoms in total. The second-order valence-electron chi connectivity index (χ2n) is 8.29. The van der Waals surface area contributed by atoms with E-state index in [4.69, 9.17) is 18.9 Å². The number of piperidine rings is 1. The number of aryl methyl sites for hydroxylation is 1. The first-order valence-electron chi connectivity index (χ1n) is 12.3. The number of H-pyrrole nitrogens is 1. The number of esters is 1. The highest BCUT2D eigenvalue weighted by molar-refractivity contribution is 5.78. The van der Waals surface area contributed by atoms with Crippen LogP contribution in [0.1, 0.15) is 38.8 Å². The molecule has 196 valence electrons. The number of benzene rings is 1. The van der Waals surface area contributed by atoms with Crippen molar-refractivity contribution >= 4 is 11.9 Å². The maximum atomic E-state index is 12.7. The highest BCUT2D eigenvalue weighted by atomic mass is 16.5. The van der Waals surface area contributed by atoms with Crippen LogP contribution in [0.15, 0.2) is 23.0 Å². The predicted molar refractivity (Wildman–Crippen MR) is 131 cm³/mol. The van der Waals surface area contributed by atoms with Crippen LogP contribution in [0.25, 0.3) is 11.4 Å². The zero-order valence-electron chi connectivity index (χ0n) is 21.1. The molecule has 1 amide bonds. The molecule has 0 aliphatic carbocycles. The minimum Gasteiger partial charge on any atom is -0.493 e. The Morgan fingerprint density at radius 1 is 1.14 bits per heavy atom. The molecule has 2 heterocycles. The Balaban J connectivity index is 1.60. The number of aromatic amines is 1. The molecule has 0 saturated carbocycles. The molecule has 36 heavy (non-hydrogen) atoms. The number of carbonyl (C=O) groups is 2. The van der Waals surface area contributed by atoms with Gasteiger partial charge >= 0.3 is 5.97 Å². The molecule has 3 rings (SSSR count). The molecular formula is C25H34N4O7. The number of rotatable bonds is 12. The standard InChI is InChI=1S/C25H34N4O7/c1-4-34-13-14-36-20-10-8-17(15-21(20)33-3)23-26-24(31)19(27-28-23)9-11-22(30)29-12-6-7-18(16-29)25(32)35-5-2/h8,10,15,18H,4-7,9,11-14,16H2,1-3H3,(H,26,28,31). The molecule has 0 radical (unpaired) electrons. The number of hydrogen-bond donors (Lipinski definition) is 1. The van der Waals surface area contributed by atoms with E-state index in [1.165, 1.54) is 7.11 Å². The van der Waals surface area contributed by atoms with E-state index in [1.807, 2.05) is 6.92 Å². The van der Waals surface area contributed by atoms with Gasteiger partial charge in [0.25, 0.3) is 5.56 Å². The van der Waals surface area contributed by atoms with E-state index >= 15 is 0 Å². The molecule has 11 heteroatoms. The number of methoxy groups -OCH3 is 1. The van der Waals surface area contributed by atoms with E-state index < -0.39 is 5.56 Å². The number of nitrogens with one attached hydrogen (secondary N) is 1. The Kier molecular flexibility index (Phi) is 10.2. The van der Waals surface area contributed by atoms with Crippen LogP contribution in [0.5, 0.6) is 11.5 Å². The van der Waals surface area contributed by atoms with Gasteiger partial charge in [-0.1, -0.05) is 0 Å². The van der Waals surface area contributed by atoms with Gasteiger partial charge in [0.15, 0.2) is 17.3 Å². The molecule has 0 bridgehead atoms. The van der Waals surface area contributed by atoms with Crippen LogP contribution in [0.2, 0.25) is 0 Å². The van der Waals surface area contributed by atoms with Crippen LogP contribution >= 0.6 is 0 Å². The average Bonchev–Trinajstić information content (AvgIpc) is 2.90. The number of aromatic nitrogens is 3. The number of carbonyl (C=O) groups excluding carboxylic acids is 2. The summed E-state index contributed by atoms with van der Waals surface area (Å²) in [6, 6.07) is 5.18. The minimum absolute atomic E-state index is 0.105. The summed E-state index contributed by atoms with van der Waals surface area (Å²) in [6.45, 7) is 6.39. The Morgan fingerprint density at radius 3 is 2.69 bits per heavy atom. The molecule has 1 fully saturated rings. The molecule has 1 atom stereocenters. The van der Waals surface area contributed by atoms with Gasteiger partial charge in [-0.05, 0) is 44.9 Å². The van der Waals surface area contributed by atoms with Gasteiger partial charge in [0.2, 0.25) is 5.91 Å². The fourth-order valence-corrected chi connectivity index (χ4v) is 3.98. The number of hydrogen-bond acceptors (Lipinski definition) is 9. The lowest BCUT2D eigenvalue weighted by Gasteiger charge is -2.31. The van der Waals surface area contributed by atoms with E-state index in [0.717, 1.165) is 6.42 Å². The predicted octanol–water partition coefficient (Wildman–Crippen LogP) is 1.99. The first kappa shape index (κ1) is 27.1. The van der Waals surface area contributed by atoms with Crippen molar-refractivity contribution in [1.82, 2.24) is 20.1 Å². The summed E-state index contributed by atoms with van der Waals surface area (Å²) in [5, 5.41) is 8.20. The summed E-state index contributed by atoms with van der Waals surface area (Å²) in [5.74, 6) is 0.623. The SMILES string of the molecule is CCOCCOc1ccc(-c2nnc(CCC(=O)N3CCCC(C(=O)OCC)C3)c(=O)[nH]2)cc1OC. The van der Waals surface area contributed by atoms with Gasteiger partial charge < -0.3 is 28.8 Å². The van der Waals surface area contributed by atoms with Crippen LogP contribution in [-0.4, -0.2) is 78.6 Å². The summed E-state index contributed by atoms with van der Waals surface area (Å²) in [5.41, 5.74) is 0.371. The monoisotopic (exact) mass is 502 g/mol. The zero-order valence-corrected chi connectivity index (χ0v) is 21.1. The van der Waals surface area contributed by atoms with Crippen molar-refractivity contribution in [3.05, 3.63) is 34.2 Å². The van der Waals surface area contributed by atoms with Gasteiger partial charge in [0, 0.05) is 38.1 Å². The fraction of sp³-hybridized carbons (Fsp3) is 0.560. The molecule has 1 unspecified atom stereocenters. The summed E-state index contributed by atoms with van der Waals surface area (Å²) in [6.07, 6.45) is 1.71. The number of ether oxygens (including phenoxy) is 4. The van der Waals surface area contributed by atoms with E-state index in [0.29, 0.717) is 63.0 Å². The van der Waals surface area contributed by atoms with Gasteiger partial charge in [-0.15, -0.1) is 10.2 Å². The highest BCUT2D eigenvalue weighted by Gasteiger charge is 2.29. The summed E-state index contributed by atoms with van der Waals surface area (Å²) < 4.78 is 21.4. The second kappa shape index (κ2) is 13.6. The number of amides is 1. The van der Waals surface area contributed by atoms with E-state index in [2.05, 4.69) is 15.2 Å². The zero-order chi connectivity index (χ0) is 25.9. The van der Waals surface area contributed by atoms with Crippen LogP contribution < -0.4 is 15.0 Å². The second-order valence-corrected chi connectivity index (χ2v) is 8.29. The molecule has 1 N–H and O–H groups in total. The Hall–Kier alpha value is -3.47. The van der Waals surface area contributed by atoms with E-state index in [9.17, 15) is 14.4 Å². The third-order valence-corrected chi connectivity index (χ3v) is 5.86. The molecule has 1 aliphatic rings. The lowest BCUT2D eigenvalue weighted by molar-refractivity contribution is -0.151. The Bertz CT molecular complexity index is 1090. The van der Waals surface area contributed by atoms with E-state index in [-0.39, 0.29) is 42.2 Å². The molecule has 1 saturated heterocycles. The van der Waals surface area contributed by atoms with Crippen molar-refractivity contribution in [2.45, 2.75) is 39.5 Å². The molecule has 2 aromatic rings. The Labute approximate surface area is 210 Å². The maximum Gasteiger partial charge on any atom is 0.310 e. The maximum absolute atomic E-state index is 12.7. The van der Waals surface area contributed by atoms with E-state index in [1.54, 1.807) is 30.0 Å². The van der Waals surface area contributed by atoms with Crippen molar-refractivity contribution in [3.8, 4) is 22.9 Å². The lowest BCUT2D eigenvalue weighted by Crippen LogP contribution is -2.43. The molecular weight excluding hydrogens is 468 g/mol. The Morgan fingerprint density at radius 2 is 1.97 bits per heavy atom. The summed E-state index contributed by atoms with van der Waals surface area (Å²) in [7, 11) is 1.53. The summed E-state index contributed by atoms with van der Waals surface area (Å²) >= 11 is 0. The first-order valence-corrected chi connectivity index (χ1v) is 12.3. The number of likely N-dealkylation sites (tertiary alicyclic amines) is 1. The highest BCUT2D eigenvalue weighted by Crippen LogP contribution is 2.31. The molecule has 1 aromatic heterocycles. The van der Waals surface area contributed by atoms with Crippen molar-refractivity contribution in [2.75, 3.05) is 46.6 Å². The third kappa shape index (κ3) is 7.27. The van der Waals surface area contributed by atoms with Gasteiger partial charge in [0.05, 0.1) is 26.2 Å². The minimum atomic E-state index is -0.410. The van der Waals surface area contributed by atoms with Gasteiger partial charge in [-0.3, -0.25) is 14.4 Å². The number of nitrogens with zero attached hydrogens (tertiary/aromatic N) is 3. The third-order valence-electron chi connectivity index (χ3n) is 5.86.